The van der Waals surface area contributed by atoms with Crippen LogP contribution in [-0.2, 0) is 19.1 Å². The summed E-state index contributed by atoms with van der Waals surface area (Å²) < 4.78 is 4.35. The van der Waals surface area contributed by atoms with Crippen LogP contribution in [0.2, 0.25) is 0 Å². The second-order valence-corrected chi connectivity index (χ2v) is 4.36. The number of hydrogen-bond donors (Lipinski definition) is 2. The van der Waals surface area contributed by atoms with Gasteiger partial charge in [-0.2, -0.15) is 0 Å². The van der Waals surface area contributed by atoms with E-state index in [1.54, 1.807) is 13.8 Å². The monoisotopic (exact) mass is 271 g/mol. The van der Waals surface area contributed by atoms with Gasteiger partial charge in [0.15, 0.2) is 0 Å². The predicted molar refractivity (Wildman–Crippen MR) is 64.0 cm³/mol. The summed E-state index contributed by atoms with van der Waals surface area (Å²) in [5.41, 5.74) is -0.973. The van der Waals surface area contributed by atoms with Gasteiger partial charge >= 0.3 is 12.0 Å². The topological polar surface area (TPSA) is 105 Å². The van der Waals surface area contributed by atoms with Gasteiger partial charge in [-0.15, -0.1) is 0 Å². The van der Waals surface area contributed by atoms with Crippen molar-refractivity contribution in [3.8, 4) is 0 Å². The fraction of sp³-hybridized carbons (Fsp3) is 0.636. The summed E-state index contributed by atoms with van der Waals surface area (Å²) in [6.07, 6.45) is 0.428. The number of carbonyl (C=O) groups excluding carboxylic acids is 4. The van der Waals surface area contributed by atoms with Crippen LogP contribution in [0.25, 0.3) is 0 Å². The zero-order chi connectivity index (χ0) is 14.6. The Morgan fingerprint density at radius 3 is 2.53 bits per heavy atom. The molecular formula is C11H17N3O5. The van der Waals surface area contributed by atoms with E-state index >= 15 is 0 Å². The fourth-order valence-corrected chi connectivity index (χ4v) is 1.57. The van der Waals surface area contributed by atoms with Crippen molar-refractivity contribution in [1.29, 1.82) is 0 Å². The SMILES string of the molecule is CCC1(C)NC(=O)N(CC(=O)NCC(=O)OC)C1=O. The molecule has 4 amide bonds. The molecule has 0 radical (unpaired) electrons. The number of esters is 1. The lowest BCUT2D eigenvalue weighted by molar-refractivity contribution is -0.141. The minimum Gasteiger partial charge on any atom is -0.468 e. The molecule has 0 aromatic rings. The van der Waals surface area contributed by atoms with Crippen LogP contribution in [0.5, 0.6) is 0 Å². The second-order valence-electron chi connectivity index (χ2n) is 4.36. The fourth-order valence-electron chi connectivity index (χ4n) is 1.57. The van der Waals surface area contributed by atoms with E-state index in [-0.39, 0.29) is 6.54 Å². The van der Waals surface area contributed by atoms with Gasteiger partial charge < -0.3 is 15.4 Å². The summed E-state index contributed by atoms with van der Waals surface area (Å²) in [4.78, 5) is 46.8. The molecule has 0 aromatic carbocycles. The quantitative estimate of drug-likeness (QED) is 0.493. The van der Waals surface area contributed by atoms with Crippen molar-refractivity contribution in [3.05, 3.63) is 0 Å². The first kappa shape index (κ1) is 14.9. The van der Waals surface area contributed by atoms with Gasteiger partial charge in [-0.1, -0.05) is 6.92 Å². The molecule has 1 aliphatic heterocycles. The largest absolute Gasteiger partial charge is 0.468 e. The Hall–Kier alpha value is -2.12. The summed E-state index contributed by atoms with van der Waals surface area (Å²) in [5.74, 6) is -1.66. The number of amides is 4. The Bertz CT molecular complexity index is 423. The average Bonchev–Trinajstić information content (AvgIpc) is 2.60. The molecule has 1 saturated heterocycles. The highest BCUT2D eigenvalue weighted by molar-refractivity contribution is 6.08. The van der Waals surface area contributed by atoms with E-state index in [2.05, 4.69) is 15.4 Å². The van der Waals surface area contributed by atoms with Crippen molar-refractivity contribution in [2.45, 2.75) is 25.8 Å². The third-order valence-electron chi connectivity index (χ3n) is 3.01. The molecule has 2 N–H and O–H groups in total. The molecule has 1 rings (SSSR count). The molecule has 0 spiro atoms. The summed E-state index contributed by atoms with van der Waals surface area (Å²) in [6.45, 7) is 2.64. The van der Waals surface area contributed by atoms with Gasteiger partial charge in [-0.05, 0) is 13.3 Å². The van der Waals surface area contributed by atoms with E-state index in [0.29, 0.717) is 6.42 Å². The highest BCUT2D eigenvalue weighted by Crippen LogP contribution is 2.20. The lowest BCUT2D eigenvalue weighted by Gasteiger charge is -2.18. The molecule has 8 nitrogen and oxygen atoms in total. The van der Waals surface area contributed by atoms with E-state index in [4.69, 9.17) is 0 Å². The molecule has 1 atom stereocenters. The molecule has 19 heavy (non-hydrogen) atoms. The van der Waals surface area contributed by atoms with E-state index in [1.165, 1.54) is 7.11 Å². The minimum atomic E-state index is -0.973. The first-order valence-electron chi connectivity index (χ1n) is 5.81. The summed E-state index contributed by atoms with van der Waals surface area (Å²) >= 11 is 0. The second kappa shape index (κ2) is 5.68. The van der Waals surface area contributed by atoms with Crippen molar-refractivity contribution >= 4 is 23.8 Å². The van der Waals surface area contributed by atoms with E-state index in [9.17, 15) is 19.2 Å². The van der Waals surface area contributed by atoms with Crippen molar-refractivity contribution in [3.63, 3.8) is 0 Å². The van der Waals surface area contributed by atoms with Crippen LogP contribution in [0, 0.1) is 0 Å². The number of hydrogen-bond acceptors (Lipinski definition) is 5. The molecule has 1 unspecified atom stereocenters. The van der Waals surface area contributed by atoms with Crippen LogP contribution in [0.4, 0.5) is 4.79 Å². The molecule has 1 heterocycles. The maximum absolute atomic E-state index is 12.0. The van der Waals surface area contributed by atoms with Crippen LogP contribution in [-0.4, -0.2) is 54.5 Å². The molecule has 1 aliphatic rings. The van der Waals surface area contributed by atoms with E-state index < -0.39 is 35.9 Å². The lowest BCUT2D eigenvalue weighted by atomic mass is 9.99. The number of imide groups is 1. The third-order valence-corrected chi connectivity index (χ3v) is 3.01. The number of nitrogens with one attached hydrogen (secondary N) is 2. The van der Waals surface area contributed by atoms with Gasteiger partial charge in [0.2, 0.25) is 5.91 Å². The number of ether oxygens (including phenoxy) is 1. The Kier molecular flexibility index (Phi) is 4.47. The zero-order valence-corrected chi connectivity index (χ0v) is 11.1. The Labute approximate surface area is 110 Å². The Morgan fingerprint density at radius 1 is 1.42 bits per heavy atom. The molecule has 0 aliphatic carbocycles. The predicted octanol–water partition coefficient (Wildman–Crippen LogP) is -1.00. The van der Waals surface area contributed by atoms with Crippen LogP contribution in [0.1, 0.15) is 20.3 Å². The van der Waals surface area contributed by atoms with Crippen molar-refractivity contribution in [1.82, 2.24) is 15.5 Å². The Morgan fingerprint density at radius 2 is 2.05 bits per heavy atom. The zero-order valence-electron chi connectivity index (χ0n) is 11.1. The summed E-state index contributed by atoms with van der Waals surface area (Å²) in [7, 11) is 1.19. The van der Waals surface area contributed by atoms with Crippen molar-refractivity contribution in [2.75, 3.05) is 20.2 Å². The summed E-state index contributed by atoms with van der Waals surface area (Å²) in [5, 5.41) is 4.79. The molecule has 1 fully saturated rings. The van der Waals surface area contributed by atoms with Crippen molar-refractivity contribution in [2.24, 2.45) is 0 Å². The number of nitrogens with zero attached hydrogens (tertiary/aromatic N) is 1. The van der Waals surface area contributed by atoms with Gasteiger partial charge in [0.05, 0.1) is 7.11 Å². The number of urea groups is 1. The third kappa shape index (κ3) is 3.21. The number of carbonyl (C=O) groups is 4. The average molecular weight is 271 g/mol. The van der Waals surface area contributed by atoms with Gasteiger partial charge in [0.1, 0.15) is 18.6 Å². The van der Waals surface area contributed by atoms with Gasteiger partial charge in [-0.3, -0.25) is 19.3 Å². The molecule has 0 saturated carbocycles. The normalized spacial score (nSPS) is 22.2. The van der Waals surface area contributed by atoms with Gasteiger partial charge in [-0.25, -0.2) is 4.79 Å². The van der Waals surface area contributed by atoms with Crippen molar-refractivity contribution < 1.29 is 23.9 Å². The highest BCUT2D eigenvalue weighted by atomic mass is 16.5. The smallest absolute Gasteiger partial charge is 0.325 e. The maximum Gasteiger partial charge on any atom is 0.325 e. The highest BCUT2D eigenvalue weighted by Gasteiger charge is 2.46. The maximum atomic E-state index is 12.0. The first-order valence-corrected chi connectivity index (χ1v) is 5.81. The van der Waals surface area contributed by atoms with Crippen LogP contribution in [0.15, 0.2) is 0 Å². The minimum absolute atomic E-state index is 0.302. The van der Waals surface area contributed by atoms with Crippen LogP contribution < -0.4 is 10.6 Å². The Balaban J connectivity index is 2.58. The number of methoxy groups -OCH3 is 1. The standard InChI is InChI=1S/C11H17N3O5/c1-4-11(2)9(17)14(10(18)13-11)6-7(15)12-5-8(16)19-3/h4-6H2,1-3H3,(H,12,15)(H,13,18). The van der Waals surface area contributed by atoms with E-state index in [0.717, 1.165) is 4.90 Å². The van der Waals surface area contributed by atoms with Crippen LogP contribution in [0.3, 0.4) is 0 Å². The van der Waals surface area contributed by atoms with Crippen LogP contribution >= 0.6 is 0 Å². The molecular weight excluding hydrogens is 254 g/mol. The molecule has 0 bridgehead atoms. The molecule has 8 heteroatoms. The van der Waals surface area contributed by atoms with Gasteiger partial charge in [0.25, 0.3) is 5.91 Å². The first-order chi connectivity index (χ1) is 8.84. The molecule has 0 aromatic heterocycles. The van der Waals surface area contributed by atoms with Gasteiger partial charge in [0, 0.05) is 0 Å². The summed E-state index contributed by atoms with van der Waals surface area (Å²) in [6, 6.07) is -0.609. The number of rotatable bonds is 5. The molecule has 106 valence electrons. The lowest BCUT2D eigenvalue weighted by Crippen LogP contribution is -2.45. The van der Waals surface area contributed by atoms with E-state index in [1.807, 2.05) is 0 Å².